The van der Waals surface area contributed by atoms with E-state index in [-0.39, 0.29) is 18.1 Å². The fraction of sp³-hybridized carbons (Fsp3) is 0.706. The van der Waals surface area contributed by atoms with Crippen molar-refractivity contribution in [3.8, 4) is 0 Å². The van der Waals surface area contributed by atoms with E-state index in [0.717, 1.165) is 5.69 Å². The molecule has 1 atom stereocenters. The Kier molecular flexibility index (Phi) is 10.4. The molecule has 1 aliphatic carbocycles. The van der Waals surface area contributed by atoms with E-state index in [9.17, 15) is 9.90 Å². The van der Waals surface area contributed by atoms with Crippen molar-refractivity contribution in [3.05, 3.63) is 23.8 Å². The molecule has 5 nitrogen and oxygen atoms in total. The third-order valence-corrected chi connectivity index (χ3v) is 3.89. The number of carbonyl (C=O) groups excluding carboxylic acids is 1. The maximum absolute atomic E-state index is 9.77. The number of aliphatic hydroxyl groups excluding tert-OH is 1. The third kappa shape index (κ3) is 7.50. The topological polar surface area (TPSA) is 72.3 Å². The summed E-state index contributed by atoms with van der Waals surface area (Å²) in [5, 5.41) is 9.31. The van der Waals surface area contributed by atoms with Crippen molar-refractivity contribution in [2.24, 2.45) is 5.41 Å². The molecule has 1 aromatic rings. The highest BCUT2D eigenvalue weighted by atomic mass is 16.5. The van der Waals surface area contributed by atoms with E-state index in [2.05, 4.69) is 21.6 Å². The van der Waals surface area contributed by atoms with E-state index in [1.807, 2.05) is 27.7 Å². The summed E-state index contributed by atoms with van der Waals surface area (Å²) >= 11 is 0. The van der Waals surface area contributed by atoms with Crippen LogP contribution in [-0.4, -0.2) is 27.7 Å². The summed E-state index contributed by atoms with van der Waals surface area (Å²) < 4.78 is 4.48. The van der Waals surface area contributed by atoms with Gasteiger partial charge in [0.25, 0.3) is 6.47 Å². The van der Waals surface area contributed by atoms with Crippen LogP contribution in [0.1, 0.15) is 64.8 Å². The van der Waals surface area contributed by atoms with Gasteiger partial charge in [0, 0.05) is 6.20 Å². The molecule has 0 aromatic carbocycles. The van der Waals surface area contributed by atoms with Crippen LogP contribution in [0.5, 0.6) is 0 Å². The molecular weight excluding hydrogens is 280 g/mol. The van der Waals surface area contributed by atoms with Crippen LogP contribution in [-0.2, 0) is 16.1 Å². The van der Waals surface area contributed by atoms with Crippen molar-refractivity contribution in [3.63, 3.8) is 0 Å². The SMILES string of the molecule is CC.CC(O)C1(C)CCCC1.Cc1cnc(COC=O)cn1. The Bertz CT molecular complexity index is 399. The normalized spacial score (nSPS) is 16.5. The van der Waals surface area contributed by atoms with E-state index >= 15 is 0 Å². The zero-order chi connectivity index (χ0) is 17.0. The van der Waals surface area contributed by atoms with Gasteiger partial charge in [-0.25, -0.2) is 0 Å². The van der Waals surface area contributed by atoms with Crippen molar-refractivity contribution >= 4 is 6.47 Å². The number of ether oxygens (including phenoxy) is 1. The lowest BCUT2D eigenvalue weighted by Crippen LogP contribution is -2.25. The van der Waals surface area contributed by atoms with Gasteiger partial charge in [0.05, 0.1) is 23.7 Å². The Morgan fingerprint density at radius 2 is 1.91 bits per heavy atom. The predicted octanol–water partition coefficient (Wildman–Crippen LogP) is 3.43. The maximum Gasteiger partial charge on any atom is 0.293 e. The molecule has 0 amide bonds. The van der Waals surface area contributed by atoms with E-state index < -0.39 is 0 Å². The Balaban J connectivity index is 0.000000366. The first-order valence-electron chi connectivity index (χ1n) is 7.99. The Morgan fingerprint density at radius 3 is 2.27 bits per heavy atom. The van der Waals surface area contributed by atoms with Gasteiger partial charge in [0.15, 0.2) is 0 Å². The third-order valence-electron chi connectivity index (χ3n) is 3.89. The zero-order valence-corrected chi connectivity index (χ0v) is 14.5. The average Bonchev–Trinajstić information content (AvgIpc) is 2.98. The number of aromatic nitrogens is 2. The van der Waals surface area contributed by atoms with Crippen molar-refractivity contribution in [1.29, 1.82) is 0 Å². The standard InChI is InChI=1S/C8H16O.C7H8N2O2.C2H6/c1-7(9)8(2)5-3-4-6-8;1-6-2-9-7(3-8-6)4-11-5-10;1-2/h7,9H,3-6H2,1-2H3;2-3,5H,4H2,1H3;1-2H3. The first-order valence-corrected chi connectivity index (χ1v) is 7.99. The van der Waals surface area contributed by atoms with Gasteiger partial charge in [0.1, 0.15) is 6.61 Å². The van der Waals surface area contributed by atoms with Crippen LogP contribution in [0.4, 0.5) is 0 Å². The molecule has 1 N–H and O–H groups in total. The minimum absolute atomic E-state index is 0.111. The van der Waals surface area contributed by atoms with Crippen molar-refractivity contribution in [1.82, 2.24) is 9.97 Å². The molecule has 22 heavy (non-hydrogen) atoms. The molecule has 2 rings (SSSR count). The summed E-state index contributed by atoms with van der Waals surface area (Å²) in [4.78, 5) is 17.7. The fourth-order valence-corrected chi connectivity index (χ4v) is 2.21. The summed E-state index contributed by atoms with van der Waals surface area (Å²) in [6.45, 7) is 10.5. The van der Waals surface area contributed by atoms with Gasteiger partial charge in [0.2, 0.25) is 0 Å². The molecule has 1 heterocycles. The van der Waals surface area contributed by atoms with Crippen LogP contribution < -0.4 is 0 Å². The van der Waals surface area contributed by atoms with Crippen molar-refractivity contribution in [2.45, 2.75) is 73.0 Å². The molecule has 0 saturated heterocycles. The molecule has 0 radical (unpaired) electrons. The van der Waals surface area contributed by atoms with Crippen LogP contribution >= 0.6 is 0 Å². The summed E-state index contributed by atoms with van der Waals surface area (Å²) in [5.41, 5.74) is 1.75. The first kappa shape index (κ1) is 20.5. The molecule has 0 bridgehead atoms. The van der Waals surface area contributed by atoms with Gasteiger partial charge in [-0.15, -0.1) is 0 Å². The van der Waals surface area contributed by atoms with E-state index in [1.54, 1.807) is 12.4 Å². The second-order valence-electron chi connectivity index (χ2n) is 5.59. The van der Waals surface area contributed by atoms with E-state index in [1.165, 1.54) is 25.7 Å². The van der Waals surface area contributed by atoms with Gasteiger partial charge < -0.3 is 9.84 Å². The number of nitrogens with zero attached hydrogens (tertiary/aromatic N) is 2. The maximum atomic E-state index is 9.77. The van der Waals surface area contributed by atoms with Gasteiger partial charge >= 0.3 is 0 Å². The van der Waals surface area contributed by atoms with Gasteiger partial charge in [-0.3, -0.25) is 14.8 Å². The number of aryl methyl sites for hydroxylation is 1. The number of carbonyl (C=O) groups is 1. The van der Waals surface area contributed by atoms with Crippen LogP contribution in [0.2, 0.25) is 0 Å². The number of hydrogen-bond donors (Lipinski definition) is 1. The fourth-order valence-electron chi connectivity index (χ4n) is 2.21. The lowest BCUT2D eigenvalue weighted by Gasteiger charge is -2.26. The Morgan fingerprint density at radius 1 is 1.32 bits per heavy atom. The highest BCUT2D eigenvalue weighted by Gasteiger charge is 2.32. The highest BCUT2D eigenvalue weighted by Crippen LogP contribution is 2.40. The number of rotatable bonds is 4. The Hall–Kier alpha value is -1.49. The summed E-state index contributed by atoms with van der Waals surface area (Å²) in [7, 11) is 0. The highest BCUT2D eigenvalue weighted by molar-refractivity contribution is 5.37. The lowest BCUT2D eigenvalue weighted by molar-refractivity contribution is -0.129. The van der Waals surface area contributed by atoms with E-state index in [4.69, 9.17) is 0 Å². The van der Waals surface area contributed by atoms with Gasteiger partial charge in [-0.2, -0.15) is 0 Å². The molecule has 1 unspecified atom stereocenters. The van der Waals surface area contributed by atoms with Gasteiger partial charge in [-0.05, 0) is 32.1 Å². The monoisotopic (exact) mass is 310 g/mol. The molecule has 1 aromatic heterocycles. The molecule has 1 aliphatic rings. The Labute approximate surface area is 134 Å². The van der Waals surface area contributed by atoms with Crippen LogP contribution in [0, 0.1) is 12.3 Å². The molecule has 126 valence electrons. The summed E-state index contributed by atoms with van der Waals surface area (Å²) in [5.74, 6) is 0. The molecule has 1 saturated carbocycles. The minimum Gasteiger partial charge on any atom is -0.461 e. The second kappa shape index (κ2) is 11.1. The van der Waals surface area contributed by atoms with Crippen molar-refractivity contribution < 1.29 is 14.6 Å². The minimum atomic E-state index is -0.111. The van der Waals surface area contributed by atoms with Gasteiger partial charge in [-0.1, -0.05) is 33.6 Å². The zero-order valence-electron chi connectivity index (χ0n) is 14.5. The molecule has 0 aliphatic heterocycles. The van der Waals surface area contributed by atoms with Crippen LogP contribution in [0.25, 0.3) is 0 Å². The molecule has 1 fully saturated rings. The lowest BCUT2D eigenvalue weighted by atomic mass is 9.84. The number of hydrogen-bond acceptors (Lipinski definition) is 5. The van der Waals surface area contributed by atoms with E-state index in [0.29, 0.717) is 12.2 Å². The van der Waals surface area contributed by atoms with Crippen molar-refractivity contribution in [2.75, 3.05) is 0 Å². The van der Waals surface area contributed by atoms with Crippen LogP contribution in [0.15, 0.2) is 12.4 Å². The summed E-state index contributed by atoms with van der Waals surface area (Å²) in [6.07, 6.45) is 8.14. The first-order chi connectivity index (χ1) is 10.5. The molecule has 5 heteroatoms. The molecular formula is C17H30N2O3. The summed E-state index contributed by atoms with van der Waals surface area (Å²) in [6, 6.07) is 0. The van der Waals surface area contributed by atoms with Crippen LogP contribution in [0.3, 0.4) is 0 Å². The number of aliphatic hydroxyl groups is 1. The average molecular weight is 310 g/mol. The molecule has 0 spiro atoms. The largest absolute Gasteiger partial charge is 0.461 e. The predicted molar refractivity (Wildman–Crippen MR) is 87.2 cm³/mol. The quantitative estimate of drug-likeness (QED) is 0.863. The smallest absolute Gasteiger partial charge is 0.293 e. The second-order valence-corrected chi connectivity index (χ2v) is 5.59.